The number of methoxy groups -OCH3 is 1. The number of aromatic nitrogens is 1. The molecule has 2 aliphatic rings. The van der Waals surface area contributed by atoms with Crippen molar-refractivity contribution in [1.29, 1.82) is 0 Å². The number of likely N-dealkylation sites (tertiary alicyclic amines) is 1. The molecule has 210 valence electrons. The number of benzene rings is 3. The Morgan fingerprint density at radius 1 is 0.927 bits per heavy atom. The first kappa shape index (κ1) is 26.8. The zero-order valence-electron chi connectivity index (χ0n) is 23.7. The van der Waals surface area contributed by atoms with Crippen molar-refractivity contribution in [3.05, 3.63) is 107 Å². The van der Waals surface area contributed by atoms with Crippen LogP contribution in [0.5, 0.6) is 5.75 Å². The Kier molecular flexibility index (Phi) is 7.61. The number of carbonyl (C=O) groups is 2. The zero-order valence-corrected chi connectivity index (χ0v) is 23.7. The predicted molar refractivity (Wildman–Crippen MR) is 162 cm³/mol. The van der Waals surface area contributed by atoms with E-state index in [1.165, 1.54) is 12.8 Å². The molecule has 7 nitrogen and oxygen atoms in total. The summed E-state index contributed by atoms with van der Waals surface area (Å²) < 4.78 is 7.57. The summed E-state index contributed by atoms with van der Waals surface area (Å²) in [5.74, 6) is 0.644. The molecule has 3 aromatic carbocycles. The monoisotopic (exact) mass is 548 g/mol. The van der Waals surface area contributed by atoms with Crippen LogP contribution in [0.1, 0.15) is 51.4 Å². The summed E-state index contributed by atoms with van der Waals surface area (Å²) in [6.07, 6.45) is 3.37. The lowest BCUT2D eigenvalue weighted by molar-refractivity contribution is 0.0940. The predicted octanol–water partition coefficient (Wildman–Crippen LogP) is 5.59. The minimum atomic E-state index is -0.0784. The number of para-hydroxylation sites is 2. The molecule has 1 N–H and O–H groups in total. The molecule has 1 atom stereocenters. The molecule has 0 spiro atoms. The van der Waals surface area contributed by atoms with Crippen molar-refractivity contribution in [3.8, 4) is 16.9 Å². The molecule has 0 bridgehead atoms. The zero-order chi connectivity index (χ0) is 28.3. The lowest BCUT2D eigenvalue weighted by Crippen LogP contribution is -2.33. The highest BCUT2D eigenvalue weighted by molar-refractivity contribution is 6.07. The summed E-state index contributed by atoms with van der Waals surface area (Å²) in [5.41, 5.74) is 6.00. The minimum Gasteiger partial charge on any atom is -0.496 e. The molecule has 7 heteroatoms. The van der Waals surface area contributed by atoms with Gasteiger partial charge in [-0.3, -0.25) is 9.59 Å². The molecule has 6 rings (SSSR count). The molecule has 1 saturated heterocycles. The summed E-state index contributed by atoms with van der Waals surface area (Å²) in [4.78, 5) is 31.4. The third-order valence-electron chi connectivity index (χ3n) is 8.46. The molecule has 1 unspecified atom stereocenters. The molecule has 2 aliphatic heterocycles. The highest BCUT2D eigenvalue weighted by Gasteiger charge is 2.28. The first-order valence-electron chi connectivity index (χ1n) is 14.3. The number of rotatable bonds is 7. The van der Waals surface area contributed by atoms with Crippen molar-refractivity contribution in [1.82, 2.24) is 14.8 Å². The first-order chi connectivity index (χ1) is 20.0. The van der Waals surface area contributed by atoms with Gasteiger partial charge in [0.25, 0.3) is 11.8 Å². The van der Waals surface area contributed by atoms with Crippen LogP contribution in [-0.2, 0) is 13.1 Å². The van der Waals surface area contributed by atoms with Crippen LogP contribution in [0.25, 0.3) is 11.1 Å². The van der Waals surface area contributed by atoms with Crippen LogP contribution in [-0.4, -0.2) is 54.6 Å². The van der Waals surface area contributed by atoms with Crippen molar-refractivity contribution in [3.63, 3.8) is 0 Å². The third-order valence-corrected chi connectivity index (χ3v) is 8.46. The van der Waals surface area contributed by atoms with Crippen LogP contribution in [0.15, 0.2) is 84.9 Å². The maximum absolute atomic E-state index is 13.9. The second-order valence-corrected chi connectivity index (χ2v) is 10.9. The van der Waals surface area contributed by atoms with E-state index in [0.717, 1.165) is 46.8 Å². The SMILES string of the molecule is COc1ccccc1-c1ccc(C(=O)N2Cc3ccc(C(=O)NCCC4CCCN4C)n3Cc3ccccc32)cc1. The molecule has 1 fully saturated rings. The Bertz CT molecular complexity index is 1560. The molecule has 1 aromatic heterocycles. The van der Waals surface area contributed by atoms with Crippen molar-refractivity contribution < 1.29 is 14.3 Å². The number of nitrogens with one attached hydrogen (secondary N) is 1. The van der Waals surface area contributed by atoms with Gasteiger partial charge in [-0.15, -0.1) is 0 Å². The fourth-order valence-electron chi connectivity index (χ4n) is 6.16. The Morgan fingerprint density at radius 3 is 2.49 bits per heavy atom. The van der Waals surface area contributed by atoms with Crippen LogP contribution in [0, 0.1) is 0 Å². The Morgan fingerprint density at radius 2 is 1.71 bits per heavy atom. The summed E-state index contributed by atoms with van der Waals surface area (Å²) in [7, 11) is 3.82. The summed E-state index contributed by atoms with van der Waals surface area (Å²) in [6.45, 7) is 2.69. The Balaban J connectivity index is 1.23. The number of fused-ring (bicyclic) bond motifs is 2. The summed E-state index contributed by atoms with van der Waals surface area (Å²) >= 11 is 0. The second kappa shape index (κ2) is 11.6. The highest BCUT2D eigenvalue weighted by Crippen LogP contribution is 2.32. The van der Waals surface area contributed by atoms with E-state index in [1.807, 2.05) is 94.4 Å². The first-order valence-corrected chi connectivity index (χ1v) is 14.3. The van der Waals surface area contributed by atoms with E-state index in [1.54, 1.807) is 7.11 Å². The lowest BCUT2D eigenvalue weighted by atomic mass is 10.0. The molecular weight excluding hydrogens is 512 g/mol. The number of carbonyl (C=O) groups excluding carboxylic acids is 2. The number of ether oxygens (including phenoxy) is 1. The van der Waals surface area contributed by atoms with E-state index in [0.29, 0.717) is 36.9 Å². The Labute approximate surface area is 241 Å². The van der Waals surface area contributed by atoms with Crippen LogP contribution in [0.2, 0.25) is 0 Å². The van der Waals surface area contributed by atoms with Crippen molar-refractivity contribution in [2.45, 2.75) is 38.4 Å². The average Bonchev–Trinajstić information content (AvgIpc) is 3.56. The van der Waals surface area contributed by atoms with E-state index >= 15 is 0 Å². The van der Waals surface area contributed by atoms with Gasteiger partial charge in [0.15, 0.2) is 0 Å². The van der Waals surface area contributed by atoms with Gasteiger partial charge in [0.2, 0.25) is 0 Å². The number of nitrogens with zero attached hydrogens (tertiary/aromatic N) is 3. The van der Waals surface area contributed by atoms with E-state index in [-0.39, 0.29) is 11.8 Å². The molecule has 2 amide bonds. The van der Waals surface area contributed by atoms with Gasteiger partial charge in [-0.25, -0.2) is 0 Å². The van der Waals surface area contributed by atoms with E-state index in [4.69, 9.17) is 4.74 Å². The molecular formula is C34H36N4O3. The molecule has 3 heterocycles. The van der Waals surface area contributed by atoms with E-state index in [9.17, 15) is 9.59 Å². The van der Waals surface area contributed by atoms with Crippen molar-refractivity contribution in [2.75, 3.05) is 32.1 Å². The normalized spacial score (nSPS) is 16.5. The van der Waals surface area contributed by atoms with Gasteiger partial charge in [-0.05, 0) is 80.4 Å². The standard InChI is InChI=1S/C34H36N4O3/c1-36-21-7-9-27(36)19-20-35-33(39)31-18-17-28-23-38(30-11-5-3-8-26(30)22-37(28)31)34(40)25-15-13-24(14-16-25)29-10-4-6-12-32(29)41-2/h3-6,8,10-18,27H,7,9,19-23H2,1-2H3,(H,35,39). The summed E-state index contributed by atoms with van der Waals surface area (Å²) in [6, 6.07) is 27.9. The molecule has 4 aromatic rings. The number of amides is 2. The van der Waals surface area contributed by atoms with Crippen LogP contribution in [0.3, 0.4) is 0 Å². The number of anilines is 1. The third kappa shape index (κ3) is 5.37. The molecule has 0 aliphatic carbocycles. The van der Waals surface area contributed by atoms with Gasteiger partial charge in [-0.2, -0.15) is 0 Å². The van der Waals surface area contributed by atoms with Gasteiger partial charge in [0.1, 0.15) is 11.4 Å². The quantitative estimate of drug-likeness (QED) is 0.327. The molecule has 0 radical (unpaired) electrons. The van der Waals surface area contributed by atoms with Gasteiger partial charge in [-0.1, -0.05) is 48.5 Å². The van der Waals surface area contributed by atoms with Gasteiger partial charge in [0, 0.05) is 35.1 Å². The maximum Gasteiger partial charge on any atom is 0.267 e. The van der Waals surface area contributed by atoms with Gasteiger partial charge in [0.05, 0.1) is 20.2 Å². The maximum atomic E-state index is 13.9. The smallest absolute Gasteiger partial charge is 0.267 e. The van der Waals surface area contributed by atoms with E-state index < -0.39 is 0 Å². The molecule has 0 saturated carbocycles. The van der Waals surface area contributed by atoms with Gasteiger partial charge >= 0.3 is 0 Å². The molecule has 41 heavy (non-hydrogen) atoms. The van der Waals surface area contributed by atoms with Crippen molar-refractivity contribution in [2.24, 2.45) is 0 Å². The van der Waals surface area contributed by atoms with Crippen molar-refractivity contribution >= 4 is 17.5 Å². The highest BCUT2D eigenvalue weighted by atomic mass is 16.5. The topological polar surface area (TPSA) is 66.8 Å². The van der Waals surface area contributed by atoms with E-state index in [2.05, 4.69) is 17.3 Å². The largest absolute Gasteiger partial charge is 0.496 e. The minimum absolute atomic E-state index is 0.0684. The average molecular weight is 549 g/mol. The van der Waals surface area contributed by atoms with Gasteiger partial charge < -0.3 is 24.4 Å². The fourth-order valence-corrected chi connectivity index (χ4v) is 6.16. The van der Waals surface area contributed by atoms with Crippen LogP contribution in [0.4, 0.5) is 5.69 Å². The number of hydrogen-bond acceptors (Lipinski definition) is 4. The Hall–Kier alpha value is -4.36. The summed E-state index contributed by atoms with van der Waals surface area (Å²) in [5, 5.41) is 3.14. The lowest BCUT2D eigenvalue weighted by Gasteiger charge is -2.23. The number of hydrogen-bond donors (Lipinski definition) is 1. The second-order valence-electron chi connectivity index (χ2n) is 10.9. The van der Waals surface area contributed by atoms with Crippen LogP contribution < -0.4 is 15.0 Å². The van der Waals surface area contributed by atoms with Crippen LogP contribution >= 0.6 is 0 Å². The fraction of sp³-hybridized carbons (Fsp3) is 0.294.